The van der Waals surface area contributed by atoms with Crippen molar-refractivity contribution < 1.29 is 18.8 Å². The molecular weight excluding hydrogens is 345 g/mol. The van der Waals surface area contributed by atoms with Gasteiger partial charge in [-0.1, -0.05) is 18.2 Å². The molecule has 0 bridgehead atoms. The molecule has 2 N–H and O–H groups in total. The molecule has 1 fully saturated rings. The number of hydrogen-bond donors (Lipinski definition) is 2. The zero-order chi connectivity index (χ0) is 18.4. The molecule has 6 nitrogen and oxygen atoms in total. The second-order valence-electron chi connectivity index (χ2n) is 6.26. The van der Waals surface area contributed by atoms with E-state index in [1.165, 1.54) is 17.8 Å². The quantitative estimate of drug-likeness (QED) is 0.543. The standard InChI is InChI=1S/C17H22FN3O3S/c1-17(2)15(23)21(16(24)20-17)9-7-14(22)19-8-10-25-11-12-5-3-4-6-13(12)18/h3-6H,7-11H2,1-2H3,(H,19,22)(H,20,24). The number of nitrogens with zero attached hydrogens (tertiary/aromatic N) is 1. The molecule has 0 atom stereocenters. The summed E-state index contributed by atoms with van der Waals surface area (Å²) < 4.78 is 13.4. The van der Waals surface area contributed by atoms with Crippen LogP contribution < -0.4 is 10.6 Å². The minimum Gasteiger partial charge on any atom is -0.355 e. The molecule has 1 aromatic carbocycles. The van der Waals surface area contributed by atoms with Gasteiger partial charge in [0.2, 0.25) is 5.91 Å². The Hall–Kier alpha value is -2.09. The minimum atomic E-state index is -0.920. The fourth-order valence-electron chi connectivity index (χ4n) is 2.38. The molecule has 1 aliphatic rings. The SMILES string of the molecule is CC1(C)NC(=O)N(CCC(=O)NCCSCc2ccccc2F)C1=O. The van der Waals surface area contributed by atoms with Gasteiger partial charge >= 0.3 is 6.03 Å². The highest BCUT2D eigenvalue weighted by Gasteiger charge is 2.43. The zero-order valence-corrected chi connectivity index (χ0v) is 15.1. The van der Waals surface area contributed by atoms with Gasteiger partial charge in [-0.15, -0.1) is 0 Å². The molecule has 0 radical (unpaired) electrons. The lowest BCUT2D eigenvalue weighted by atomic mass is 10.1. The van der Waals surface area contributed by atoms with Crippen molar-refractivity contribution in [2.24, 2.45) is 0 Å². The summed E-state index contributed by atoms with van der Waals surface area (Å²) >= 11 is 1.52. The molecule has 0 aromatic heterocycles. The highest BCUT2D eigenvalue weighted by Crippen LogP contribution is 2.17. The molecule has 0 unspecified atom stereocenters. The molecule has 25 heavy (non-hydrogen) atoms. The Morgan fingerprint density at radius 3 is 2.68 bits per heavy atom. The Balaban J connectivity index is 1.62. The number of imide groups is 1. The average Bonchev–Trinajstić information content (AvgIpc) is 2.74. The number of urea groups is 1. The molecule has 2 rings (SSSR count). The van der Waals surface area contributed by atoms with E-state index in [0.717, 1.165) is 4.90 Å². The molecule has 0 aliphatic carbocycles. The van der Waals surface area contributed by atoms with Gasteiger partial charge in [-0.3, -0.25) is 14.5 Å². The maximum Gasteiger partial charge on any atom is 0.325 e. The van der Waals surface area contributed by atoms with E-state index in [1.54, 1.807) is 32.0 Å². The first-order valence-electron chi connectivity index (χ1n) is 8.03. The van der Waals surface area contributed by atoms with E-state index in [-0.39, 0.29) is 30.6 Å². The molecule has 136 valence electrons. The van der Waals surface area contributed by atoms with Gasteiger partial charge in [0.05, 0.1) is 0 Å². The molecule has 0 spiro atoms. The smallest absolute Gasteiger partial charge is 0.325 e. The van der Waals surface area contributed by atoms with E-state index < -0.39 is 11.6 Å². The maximum absolute atomic E-state index is 13.4. The summed E-state index contributed by atoms with van der Waals surface area (Å²) in [6, 6.07) is 6.13. The lowest BCUT2D eigenvalue weighted by Crippen LogP contribution is -2.40. The van der Waals surface area contributed by atoms with Gasteiger partial charge in [0.1, 0.15) is 11.4 Å². The summed E-state index contributed by atoms with van der Waals surface area (Å²) in [6.07, 6.45) is 0.0627. The van der Waals surface area contributed by atoms with Crippen molar-refractivity contribution in [3.05, 3.63) is 35.6 Å². The van der Waals surface area contributed by atoms with Crippen LogP contribution in [-0.4, -0.2) is 47.1 Å². The predicted octanol–water partition coefficient (Wildman–Crippen LogP) is 1.90. The fraction of sp³-hybridized carbons (Fsp3) is 0.471. The van der Waals surface area contributed by atoms with Crippen LogP contribution in [0.1, 0.15) is 25.8 Å². The monoisotopic (exact) mass is 367 g/mol. The summed E-state index contributed by atoms with van der Waals surface area (Å²) in [6.45, 7) is 3.76. The number of halogens is 1. The number of thioether (sulfide) groups is 1. The molecule has 1 saturated heterocycles. The van der Waals surface area contributed by atoms with Crippen molar-refractivity contribution in [1.29, 1.82) is 0 Å². The maximum atomic E-state index is 13.4. The minimum absolute atomic E-state index is 0.0578. The second-order valence-corrected chi connectivity index (χ2v) is 7.36. The number of nitrogens with one attached hydrogen (secondary N) is 2. The molecule has 1 aliphatic heterocycles. The first-order valence-corrected chi connectivity index (χ1v) is 9.18. The van der Waals surface area contributed by atoms with Crippen molar-refractivity contribution in [3.8, 4) is 0 Å². The lowest BCUT2D eigenvalue weighted by molar-refractivity contribution is -0.130. The molecule has 4 amide bonds. The molecular formula is C17H22FN3O3S. The van der Waals surface area contributed by atoms with E-state index >= 15 is 0 Å². The Kier molecular flexibility index (Phi) is 6.41. The van der Waals surface area contributed by atoms with Gasteiger partial charge in [0.15, 0.2) is 0 Å². The molecule has 0 saturated carbocycles. The van der Waals surface area contributed by atoms with Crippen molar-refractivity contribution in [2.75, 3.05) is 18.8 Å². The third-order valence-electron chi connectivity index (χ3n) is 3.79. The lowest BCUT2D eigenvalue weighted by Gasteiger charge is -2.15. The highest BCUT2D eigenvalue weighted by molar-refractivity contribution is 7.98. The van der Waals surface area contributed by atoms with Gasteiger partial charge in [-0.25, -0.2) is 9.18 Å². The average molecular weight is 367 g/mol. The van der Waals surface area contributed by atoms with Crippen molar-refractivity contribution in [1.82, 2.24) is 15.5 Å². The van der Waals surface area contributed by atoms with Gasteiger partial charge in [-0.2, -0.15) is 11.8 Å². The number of amides is 4. The zero-order valence-electron chi connectivity index (χ0n) is 14.3. The first-order chi connectivity index (χ1) is 11.8. The van der Waals surface area contributed by atoms with Gasteiger partial charge in [-0.05, 0) is 25.5 Å². The summed E-state index contributed by atoms with van der Waals surface area (Å²) in [5, 5.41) is 5.30. The van der Waals surface area contributed by atoms with Crippen LogP contribution in [0.4, 0.5) is 9.18 Å². The van der Waals surface area contributed by atoms with Crippen molar-refractivity contribution in [2.45, 2.75) is 31.6 Å². The van der Waals surface area contributed by atoms with Crippen LogP contribution >= 0.6 is 11.8 Å². The van der Waals surface area contributed by atoms with E-state index in [0.29, 0.717) is 23.6 Å². The van der Waals surface area contributed by atoms with Gasteiger partial charge in [0.25, 0.3) is 5.91 Å². The van der Waals surface area contributed by atoms with Crippen LogP contribution in [0.5, 0.6) is 0 Å². The largest absolute Gasteiger partial charge is 0.355 e. The normalized spacial score (nSPS) is 16.0. The number of carbonyl (C=O) groups is 3. The van der Waals surface area contributed by atoms with E-state index in [1.807, 2.05) is 0 Å². The Morgan fingerprint density at radius 2 is 2.04 bits per heavy atom. The second kappa shape index (κ2) is 8.33. The third kappa shape index (κ3) is 5.19. The van der Waals surface area contributed by atoms with E-state index in [4.69, 9.17) is 0 Å². The fourth-order valence-corrected chi connectivity index (χ4v) is 3.23. The van der Waals surface area contributed by atoms with Crippen LogP contribution in [-0.2, 0) is 15.3 Å². The molecule has 1 heterocycles. The van der Waals surface area contributed by atoms with Crippen LogP contribution in [0.3, 0.4) is 0 Å². The summed E-state index contributed by atoms with van der Waals surface area (Å²) in [5.74, 6) is 0.411. The number of carbonyl (C=O) groups excluding carboxylic acids is 3. The Labute approximate surface area is 150 Å². The van der Waals surface area contributed by atoms with Crippen LogP contribution in [0.2, 0.25) is 0 Å². The number of benzene rings is 1. The topological polar surface area (TPSA) is 78.5 Å². The predicted molar refractivity (Wildman–Crippen MR) is 94.5 cm³/mol. The van der Waals surface area contributed by atoms with Crippen molar-refractivity contribution in [3.63, 3.8) is 0 Å². The number of rotatable bonds is 8. The Morgan fingerprint density at radius 1 is 1.32 bits per heavy atom. The highest BCUT2D eigenvalue weighted by atomic mass is 32.2. The van der Waals surface area contributed by atoms with Crippen LogP contribution in [0, 0.1) is 5.82 Å². The first kappa shape index (κ1) is 19.2. The van der Waals surface area contributed by atoms with Crippen LogP contribution in [0.15, 0.2) is 24.3 Å². The van der Waals surface area contributed by atoms with Crippen LogP contribution in [0.25, 0.3) is 0 Å². The van der Waals surface area contributed by atoms with Crippen molar-refractivity contribution >= 4 is 29.6 Å². The Bertz CT molecular complexity index is 666. The summed E-state index contributed by atoms with van der Waals surface area (Å²) in [4.78, 5) is 36.6. The van der Waals surface area contributed by atoms with Gasteiger partial charge < -0.3 is 10.6 Å². The number of hydrogen-bond acceptors (Lipinski definition) is 4. The summed E-state index contributed by atoms with van der Waals surface area (Å²) in [7, 11) is 0. The van der Waals surface area contributed by atoms with E-state index in [2.05, 4.69) is 10.6 Å². The molecule has 1 aromatic rings. The molecule has 8 heteroatoms. The van der Waals surface area contributed by atoms with E-state index in [9.17, 15) is 18.8 Å². The van der Waals surface area contributed by atoms with Gasteiger partial charge in [0, 0.05) is 31.0 Å². The third-order valence-corrected chi connectivity index (χ3v) is 4.80. The summed E-state index contributed by atoms with van der Waals surface area (Å²) in [5.41, 5.74) is -0.281.